The van der Waals surface area contributed by atoms with Crippen LogP contribution in [-0.2, 0) is 0 Å². The van der Waals surface area contributed by atoms with Crippen molar-refractivity contribution >= 4 is 20.7 Å². The Morgan fingerprint density at radius 3 is 2.93 bits per heavy atom. The van der Waals surface area contributed by atoms with Gasteiger partial charge in [-0.05, 0) is 5.19 Å². The van der Waals surface area contributed by atoms with Gasteiger partial charge in [0, 0.05) is 18.0 Å². The van der Waals surface area contributed by atoms with E-state index in [9.17, 15) is 4.79 Å². The molecular formula is C11H11NO2Si. The molecule has 0 aromatic carbocycles. The Bertz CT molecular complexity index is 410. The summed E-state index contributed by atoms with van der Waals surface area (Å²) in [6, 6.07) is 1.01. The van der Waals surface area contributed by atoms with Gasteiger partial charge >= 0.3 is 5.97 Å². The van der Waals surface area contributed by atoms with Crippen LogP contribution in [0.1, 0.15) is 29.3 Å². The first-order valence-corrected chi connectivity index (χ1v) is 5.83. The minimum Gasteiger partial charge on any atom is -0.478 e. The van der Waals surface area contributed by atoms with Crippen molar-refractivity contribution in [1.82, 2.24) is 4.98 Å². The lowest BCUT2D eigenvalue weighted by molar-refractivity contribution is 0.0696. The minimum absolute atomic E-state index is 0.124. The molecule has 76 valence electrons. The third-order valence-electron chi connectivity index (χ3n) is 1.89. The molecule has 1 aromatic heterocycles. The maximum Gasteiger partial charge on any atom is 0.338 e. The fourth-order valence-electron chi connectivity index (χ4n) is 1.17. The van der Waals surface area contributed by atoms with Crippen LogP contribution < -0.4 is 5.19 Å². The molecular weight excluding hydrogens is 206 g/mol. The molecule has 0 atom stereocenters. The first kappa shape index (κ1) is 11.5. The molecule has 2 radical (unpaired) electrons. The summed E-state index contributed by atoms with van der Waals surface area (Å²) in [5.41, 5.74) is 0.600. The molecule has 0 amide bonds. The van der Waals surface area contributed by atoms with Gasteiger partial charge < -0.3 is 5.11 Å². The van der Waals surface area contributed by atoms with Crippen LogP contribution >= 0.6 is 0 Å². The Morgan fingerprint density at radius 1 is 1.67 bits per heavy atom. The Balaban J connectivity index is 3.12. The van der Waals surface area contributed by atoms with Gasteiger partial charge in [-0.25, -0.2) is 4.79 Å². The second-order valence-corrected chi connectivity index (χ2v) is 4.38. The third-order valence-corrected chi connectivity index (χ3v) is 3.40. The molecule has 0 aliphatic carbocycles. The van der Waals surface area contributed by atoms with E-state index in [4.69, 9.17) is 11.5 Å². The number of carbonyl (C=O) groups is 1. The van der Waals surface area contributed by atoms with Crippen LogP contribution in [0.25, 0.3) is 0 Å². The van der Waals surface area contributed by atoms with Gasteiger partial charge in [-0.3, -0.25) is 4.98 Å². The van der Waals surface area contributed by atoms with Gasteiger partial charge in [0.2, 0.25) is 0 Å². The Morgan fingerprint density at radius 2 is 2.40 bits per heavy atom. The fraction of sp³-hybridized carbons (Fsp3) is 0.273. The summed E-state index contributed by atoms with van der Waals surface area (Å²) < 4.78 is 0. The quantitative estimate of drug-likeness (QED) is 0.602. The minimum atomic E-state index is -1.02. The zero-order chi connectivity index (χ0) is 11.3. The number of hydrogen-bond acceptors (Lipinski definition) is 2. The predicted molar refractivity (Wildman–Crippen MR) is 59.6 cm³/mol. The third kappa shape index (κ3) is 2.67. The molecule has 0 aliphatic heterocycles. The van der Waals surface area contributed by atoms with Crippen molar-refractivity contribution < 1.29 is 9.90 Å². The summed E-state index contributed by atoms with van der Waals surface area (Å²) in [6.07, 6.45) is 9.35. The van der Waals surface area contributed by atoms with E-state index in [1.165, 1.54) is 6.20 Å². The number of nitrogens with zero attached hydrogens (tertiary/aromatic N) is 1. The van der Waals surface area contributed by atoms with Gasteiger partial charge in [-0.15, -0.1) is 6.42 Å². The zero-order valence-electron chi connectivity index (χ0n) is 8.45. The van der Waals surface area contributed by atoms with Crippen molar-refractivity contribution in [2.24, 2.45) is 0 Å². The average Bonchev–Trinajstić information content (AvgIpc) is 2.25. The molecule has 0 saturated heterocycles. The normalized spacial score (nSPS) is 9.60. The standard InChI is InChI=1S/C11H11NO2Si/c1-3-5-15-10-7-12-6-9(11(13)14)8(10)4-2/h2,6-7H,3,5H2,1H3,(H,13,14). The molecule has 0 unspecified atom stereocenters. The maximum atomic E-state index is 10.9. The first-order valence-electron chi connectivity index (χ1n) is 4.62. The molecule has 4 heteroatoms. The molecule has 0 bridgehead atoms. The van der Waals surface area contributed by atoms with Crippen molar-refractivity contribution in [1.29, 1.82) is 0 Å². The van der Waals surface area contributed by atoms with Crippen molar-refractivity contribution in [2.45, 2.75) is 19.4 Å². The highest BCUT2D eigenvalue weighted by molar-refractivity contribution is 6.54. The largest absolute Gasteiger partial charge is 0.478 e. The van der Waals surface area contributed by atoms with Gasteiger partial charge in [0.1, 0.15) is 0 Å². The maximum absolute atomic E-state index is 10.9. The smallest absolute Gasteiger partial charge is 0.338 e. The second-order valence-electron chi connectivity index (χ2n) is 2.99. The van der Waals surface area contributed by atoms with Crippen LogP contribution in [0.4, 0.5) is 0 Å². The molecule has 0 aliphatic rings. The van der Waals surface area contributed by atoms with Gasteiger partial charge in [-0.2, -0.15) is 0 Å². The molecule has 1 aromatic rings. The summed E-state index contributed by atoms with van der Waals surface area (Å²) >= 11 is 0. The topological polar surface area (TPSA) is 50.2 Å². The Hall–Kier alpha value is -1.60. The molecule has 3 nitrogen and oxygen atoms in total. The van der Waals surface area contributed by atoms with Crippen LogP contribution in [-0.4, -0.2) is 25.6 Å². The van der Waals surface area contributed by atoms with E-state index in [1.807, 2.05) is 0 Å². The molecule has 0 spiro atoms. The molecule has 1 rings (SSSR count). The number of carboxylic acids is 1. The number of terminal acetylenes is 1. The van der Waals surface area contributed by atoms with Crippen LogP contribution in [0.2, 0.25) is 6.04 Å². The van der Waals surface area contributed by atoms with E-state index >= 15 is 0 Å². The Labute approximate surface area is 91.4 Å². The number of hydrogen-bond donors (Lipinski definition) is 1. The summed E-state index contributed by atoms with van der Waals surface area (Å²) in [4.78, 5) is 14.8. The molecule has 0 saturated carbocycles. The lowest BCUT2D eigenvalue weighted by Gasteiger charge is -2.05. The molecule has 1 N–H and O–H groups in total. The van der Waals surface area contributed by atoms with Crippen molar-refractivity contribution in [3.63, 3.8) is 0 Å². The van der Waals surface area contributed by atoms with Crippen LogP contribution in [0.15, 0.2) is 12.4 Å². The van der Waals surface area contributed by atoms with E-state index in [0.717, 1.165) is 17.7 Å². The van der Waals surface area contributed by atoms with Gasteiger partial charge in [-0.1, -0.05) is 25.3 Å². The lowest BCUT2D eigenvalue weighted by Crippen LogP contribution is -2.21. The van der Waals surface area contributed by atoms with Gasteiger partial charge in [0.25, 0.3) is 0 Å². The number of aromatic nitrogens is 1. The number of rotatable bonds is 4. The molecule has 0 fully saturated rings. The van der Waals surface area contributed by atoms with E-state index in [0.29, 0.717) is 15.1 Å². The van der Waals surface area contributed by atoms with E-state index < -0.39 is 5.97 Å². The summed E-state index contributed by atoms with van der Waals surface area (Å²) in [5.74, 6) is 1.43. The number of carboxylic acid groups (broad SMARTS) is 1. The van der Waals surface area contributed by atoms with Crippen molar-refractivity contribution in [2.75, 3.05) is 0 Å². The number of pyridine rings is 1. The van der Waals surface area contributed by atoms with Crippen molar-refractivity contribution in [3.8, 4) is 12.3 Å². The van der Waals surface area contributed by atoms with Gasteiger partial charge in [0.15, 0.2) is 0 Å². The summed E-state index contributed by atoms with van der Waals surface area (Å²) in [5, 5.41) is 9.79. The predicted octanol–water partition coefficient (Wildman–Crippen LogP) is 0.919. The van der Waals surface area contributed by atoms with Crippen LogP contribution in [0.5, 0.6) is 0 Å². The monoisotopic (exact) mass is 217 g/mol. The zero-order valence-corrected chi connectivity index (χ0v) is 9.45. The van der Waals surface area contributed by atoms with Crippen LogP contribution in [0, 0.1) is 12.3 Å². The molecule has 1 heterocycles. The van der Waals surface area contributed by atoms with E-state index in [1.54, 1.807) is 6.20 Å². The van der Waals surface area contributed by atoms with Gasteiger partial charge in [0.05, 0.1) is 15.1 Å². The van der Waals surface area contributed by atoms with E-state index in [-0.39, 0.29) is 5.56 Å². The SMILES string of the molecule is C#Cc1c([Si]CCC)cncc1C(=O)O. The van der Waals surface area contributed by atoms with Crippen molar-refractivity contribution in [3.05, 3.63) is 23.5 Å². The number of aromatic carboxylic acids is 1. The van der Waals surface area contributed by atoms with E-state index in [2.05, 4.69) is 17.8 Å². The second kappa shape index (κ2) is 5.32. The molecule has 15 heavy (non-hydrogen) atoms. The average molecular weight is 217 g/mol. The highest BCUT2D eigenvalue weighted by Gasteiger charge is 2.12. The summed E-state index contributed by atoms with van der Waals surface area (Å²) in [7, 11) is 0.531. The lowest BCUT2D eigenvalue weighted by atomic mass is 10.1. The van der Waals surface area contributed by atoms with Crippen LogP contribution in [0.3, 0.4) is 0 Å². The first-order chi connectivity index (χ1) is 7.20. The highest BCUT2D eigenvalue weighted by Crippen LogP contribution is 2.03. The highest BCUT2D eigenvalue weighted by atomic mass is 28.2. The fourth-order valence-corrected chi connectivity index (χ4v) is 2.24. The summed E-state index contributed by atoms with van der Waals surface area (Å²) in [6.45, 7) is 2.08. The Kier molecular flexibility index (Phi) is 4.07.